The molecule has 0 unspecified atom stereocenters. The summed E-state index contributed by atoms with van der Waals surface area (Å²) in [5.41, 5.74) is 10.0. The predicted octanol–water partition coefficient (Wildman–Crippen LogP) is 11.6. The van der Waals surface area contributed by atoms with Crippen molar-refractivity contribution in [3.8, 4) is 39.6 Å². The smallest absolute Gasteiger partial charge is 0.164 e. The molecule has 1 aliphatic rings. The molecule has 6 aromatic carbocycles. The molecule has 5 heteroatoms. The van der Waals surface area contributed by atoms with Gasteiger partial charge in [-0.1, -0.05) is 127 Å². The summed E-state index contributed by atoms with van der Waals surface area (Å²) < 4.78 is 9.09. The number of hydrogen-bond acceptors (Lipinski definition) is 4. The fourth-order valence-corrected chi connectivity index (χ4v) is 7.38. The quantitative estimate of drug-likeness (QED) is 0.187. The molecule has 1 aliphatic carbocycles. The van der Waals surface area contributed by atoms with Crippen molar-refractivity contribution in [2.75, 3.05) is 0 Å². The molecule has 236 valence electrons. The van der Waals surface area contributed by atoms with Gasteiger partial charge in [-0.05, 0) is 54.3 Å². The van der Waals surface area contributed by atoms with Crippen molar-refractivity contribution in [3.05, 3.63) is 164 Å². The van der Waals surface area contributed by atoms with Gasteiger partial charge in [0.25, 0.3) is 0 Å². The molecule has 0 bridgehead atoms. The summed E-state index contributed by atoms with van der Waals surface area (Å²) in [5.74, 6) is 1.92. The number of hydrogen-bond donors (Lipinski definition) is 0. The van der Waals surface area contributed by atoms with Crippen LogP contribution in [-0.4, -0.2) is 19.5 Å². The normalized spacial score (nSPS) is 13.1. The molecule has 0 aliphatic heterocycles. The molecule has 9 aromatic rings. The minimum atomic E-state index is 0.616. The predicted molar refractivity (Wildman–Crippen MR) is 204 cm³/mol. The summed E-state index contributed by atoms with van der Waals surface area (Å²) in [6.45, 7) is 0. The molecule has 50 heavy (non-hydrogen) atoms. The topological polar surface area (TPSA) is 56.7 Å². The van der Waals surface area contributed by atoms with E-state index >= 15 is 0 Å². The van der Waals surface area contributed by atoms with Gasteiger partial charge in [-0.15, -0.1) is 0 Å². The average molecular weight is 643 g/mol. The van der Waals surface area contributed by atoms with Crippen LogP contribution in [0.5, 0.6) is 0 Å². The minimum absolute atomic E-state index is 0.616. The lowest BCUT2D eigenvalue weighted by molar-refractivity contribution is 0.666. The molecule has 0 saturated heterocycles. The van der Waals surface area contributed by atoms with Crippen LogP contribution in [0.4, 0.5) is 0 Å². The number of para-hydroxylation sites is 3. The van der Waals surface area contributed by atoms with E-state index in [0.717, 1.165) is 79.3 Å². The first-order valence-electron chi connectivity index (χ1n) is 17.0. The van der Waals surface area contributed by atoms with Crippen LogP contribution in [0, 0.1) is 0 Å². The summed E-state index contributed by atoms with van der Waals surface area (Å²) in [4.78, 5) is 15.4. The zero-order valence-electron chi connectivity index (χ0n) is 27.1. The number of rotatable bonds is 5. The van der Waals surface area contributed by atoms with Crippen LogP contribution >= 0.6 is 0 Å². The van der Waals surface area contributed by atoms with Gasteiger partial charge in [0.05, 0.1) is 16.7 Å². The molecule has 0 atom stereocenters. The second-order valence-corrected chi connectivity index (χ2v) is 12.7. The number of fused-ring (bicyclic) bond motifs is 6. The Hall–Kier alpha value is -6.59. The second kappa shape index (κ2) is 11.5. The molecular formula is C45H30N4O. The molecule has 0 fully saturated rings. The lowest BCUT2D eigenvalue weighted by Gasteiger charge is -2.12. The maximum Gasteiger partial charge on any atom is 0.164 e. The standard InChI is InChI=1S/C45H30N4O/c1-3-14-29(15-4-1)31-18-11-19-32(28-31)44-46-43(30-16-5-2-6-17-30)47-45(48-44)36-23-13-27-40-41(36)35-22-12-26-39(42(35)50-40)49-37-24-9-7-20-33(37)34-21-8-10-25-38(34)49/h1,3-5,7-28H,2,6H2. The zero-order valence-corrected chi connectivity index (χ0v) is 27.1. The Bertz CT molecular complexity index is 2770. The molecule has 0 spiro atoms. The first kappa shape index (κ1) is 28.4. The molecule has 0 N–H and O–H groups in total. The van der Waals surface area contributed by atoms with Crippen LogP contribution in [0.2, 0.25) is 0 Å². The van der Waals surface area contributed by atoms with E-state index in [4.69, 9.17) is 19.4 Å². The van der Waals surface area contributed by atoms with Gasteiger partial charge in [0.1, 0.15) is 5.58 Å². The Kier molecular flexibility index (Phi) is 6.56. The Balaban J connectivity index is 1.20. The van der Waals surface area contributed by atoms with Crippen molar-refractivity contribution in [2.24, 2.45) is 0 Å². The summed E-state index contributed by atoms with van der Waals surface area (Å²) in [6, 6.07) is 48.5. The highest BCUT2D eigenvalue weighted by Crippen LogP contribution is 2.41. The fraction of sp³-hybridized carbons (Fsp3) is 0.0444. The molecule has 10 rings (SSSR count). The summed E-state index contributed by atoms with van der Waals surface area (Å²) in [6.07, 6.45) is 8.50. The van der Waals surface area contributed by atoms with Crippen LogP contribution in [0.15, 0.2) is 162 Å². The highest BCUT2D eigenvalue weighted by atomic mass is 16.3. The SMILES string of the molecule is C1=CC(c2nc(-c3cccc(-c4ccccc4)c3)nc(-c3cccc4oc5c(-n6c7ccccc7c7ccccc76)cccc5c34)n2)=CCC1. The average Bonchev–Trinajstić information content (AvgIpc) is 3.75. The number of nitrogens with zero attached hydrogens (tertiary/aromatic N) is 4. The van der Waals surface area contributed by atoms with Crippen LogP contribution in [0.1, 0.15) is 18.7 Å². The summed E-state index contributed by atoms with van der Waals surface area (Å²) in [5, 5.41) is 4.43. The van der Waals surface area contributed by atoms with Gasteiger partial charge in [0, 0.05) is 38.2 Å². The largest absolute Gasteiger partial charge is 0.454 e. The first-order chi connectivity index (χ1) is 24.8. The third kappa shape index (κ3) is 4.59. The van der Waals surface area contributed by atoms with E-state index < -0.39 is 0 Å². The van der Waals surface area contributed by atoms with Crippen molar-refractivity contribution in [1.82, 2.24) is 19.5 Å². The van der Waals surface area contributed by atoms with Crippen LogP contribution < -0.4 is 0 Å². The fourth-order valence-electron chi connectivity index (χ4n) is 7.38. The van der Waals surface area contributed by atoms with E-state index in [1.807, 2.05) is 18.2 Å². The van der Waals surface area contributed by atoms with Gasteiger partial charge >= 0.3 is 0 Å². The maximum absolute atomic E-state index is 6.78. The van der Waals surface area contributed by atoms with Crippen molar-refractivity contribution in [1.29, 1.82) is 0 Å². The van der Waals surface area contributed by atoms with Crippen molar-refractivity contribution in [3.63, 3.8) is 0 Å². The molecule has 5 nitrogen and oxygen atoms in total. The molecule has 0 amide bonds. The summed E-state index contributed by atoms with van der Waals surface area (Å²) >= 11 is 0. The lowest BCUT2D eigenvalue weighted by Crippen LogP contribution is -2.03. The van der Waals surface area contributed by atoms with E-state index in [-0.39, 0.29) is 0 Å². The van der Waals surface area contributed by atoms with Gasteiger partial charge in [-0.25, -0.2) is 15.0 Å². The Morgan fingerprint density at radius 2 is 1.18 bits per heavy atom. The van der Waals surface area contributed by atoms with E-state index in [0.29, 0.717) is 17.5 Å². The van der Waals surface area contributed by atoms with Crippen molar-refractivity contribution in [2.45, 2.75) is 12.8 Å². The maximum atomic E-state index is 6.78. The lowest BCUT2D eigenvalue weighted by atomic mass is 10.0. The Morgan fingerprint density at radius 1 is 0.520 bits per heavy atom. The van der Waals surface area contributed by atoms with E-state index in [1.54, 1.807) is 0 Å². The summed E-state index contributed by atoms with van der Waals surface area (Å²) in [7, 11) is 0. The molecule has 3 heterocycles. The molecular weight excluding hydrogens is 613 g/mol. The first-order valence-corrected chi connectivity index (χ1v) is 17.0. The van der Waals surface area contributed by atoms with Gasteiger partial charge in [-0.3, -0.25) is 0 Å². The molecule has 3 aromatic heterocycles. The van der Waals surface area contributed by atoms with Crippen LogP contribution in [0.25, 0.3) is 88.9 Å². The molecule has 0 radical (unpaired) electrons. The van der Waals surface area contributed by atoms with Crippen LogP contribution in [0.3, 0.4) is 0 Å². The monoisotopic (exact) mass is 642 g/mol. The highest BCUT2D eigenvalue weighted by Gasteiger charge is 2.21. The Morgan fingerprint density at radius 3 is 1.98 bits per heavy atom. The second-order valence-electron chi connectivity index (χ2n) is 12.7. The van der Waals surface area contributed by atoms with Gasteiger partial charge in [0.15, 0.2) is 23.1 Å². The minimum Gasteiger partial charge on any atom is -0.454 e. The third-order valence-electron chi connectivity index (χ3n) is 9.68. The van der Waals surface area contributed by atoms with Gasteiger partial charge in [-0.2, -0.15) is 0 Å². The number of aromatic nitrogens is 4. The number of benzene rings is 6. The highest BCUT2D eigenvalue weighted by molar-refractivity contribution is 6.15. The van der Waals surface area contributed by atoms with E-state index in [1.165, 1.54) is 10.8 Å². The van der Waals surface area contributed by atoms with E-state index in [9.17, 15) is 0 Å². The Labute approximate surface area is 288 Å². The van der Waals surface area contributed by atoms with Crippen molar-refractivity contribution < 1.29 is 4.42 Å². The zero-order chi connectivity index (χ0) is 33.0. The number of allylic oxidation sites excluding steroid dienone is 4. The number of furan rings is 1. The van der Waals surface area contributed by atoms with Crippen LogP contribution in [-0.2, 0) is 0 Å². The van der Waals surface area contributed by atoms with Crippen molar-refractivity contribution >= 4 is 49.3 Å². The molecule has 0 saturated carbocycles. The van der Waals surface area contributed by atoms with Gasteiger partial charge in [0.2, 0.25) is 0 Å². The third-order valence-corrected chi connectivity index (χ3v) is 9.68. The van der Waals surface area contributed by atoms with Gasteiger partial charge < -0.3 is 8.98 Å². The van der Waals surface area contributed by atoms with E-state index in [2.05, 4.69) is 144 Å².